The number of rotatable bonds is 5. The number of amides is 1. The molecular weight excluding hydrogens is 366 g/mol. The number of hydrogen-bond acceptors (Lipinski definition) is 7. The van der Waals surface area contributed by atoms with Crippen LogP contribution in [0.5, 0.6) is 0 Å². The second kappa shape index (κ2) is 7.45. The van der Waals surface area contributed by atoms with Gasteiger partial charge in [-0.1, -0.05) is 28.9 Å². The number of thiazole rings is 1. The minimum absolute atomic E-state index is 0.0451. The highest BCUT2D eigenvalue weighted by atomic mass is 35.5. The van der Waals surface area contributed by atoms with Crippen molar-refractivity contribution < 1.29 is 18.8 Å². The second-order valence-electron chi connectivity index (χ2n) is 4.91. The topological polar surface area (TPSA) is 94.3 Å². The number of nitrogens with one attached hydrogen (secondary N) is 1. The average Bonchev–Trinajstić information content (AvgIpc) is 3.25. The van der Waals surface area contributed by atoms with Gasteiger partial charge in [-0.2, -0.15) is 0 Å². The number of esters is 1. The Hall–Kier alpha value is -2.71. The van der Waals surface area contributed by atoms with Crippen molar-refractivity contribution in [1.82, 2.24) is 10.1 Å². The van der Waals surface area contributed by atoms with Gasteiger partial charge in [0.1, 0.15) is 0 Å². The summed E-state index contributed by atoms with van der Waals surface area (Å²) in [6, 6.07) is 8.59. The zero-order valence-corrected chi connectivity index (χ0v) is 14.6. The number of benzene rings is 1. The number of aromatic nitrogens is 2. The molecule has 3 rings (SSSR count). The monoisotopic (exact) mass is 377 g/mol. The summed E-state index contributed by atoms with van der Waals surface area (Å²) in [5.41, 5.74) is 1.26. The zero-order chi connectivity index (χ0) is 17.8. The summed E-state index contributed by atoms with van der Waals surface area (Å²) in [6.07, 6.45) is 0.0451. The molecule has 2 heterocycles. The fourth-order valence-corrected chi connectivity index (χ4v) is 2.93. The van der Waals surface area contributed by atoms with E-state index in [0.717, 1.165) is 0 Å². The van der Waals surface area contributed by atoms with Crippen molar-refractivity contribution in [2.24, 2.45) is 0 Å². The molecule has 0 saturated carbocycles. The summed E-state index contributed by atoms with van der Waals surface area (Å²) in [6.45, 7) is 0. The van der Waals surface area contributed by atoms with Gasteiger partial charge < -0.3 is 9.26 Å². The molecule has 3 aromatic rings. The summed E-state index contributed by atoms with van der Waals surface area (Å²) < 4.78 is 9.76. The Labute approximate surface area is 151 Å². The summed E-state index contributed by atoms with van der Waals surface area (Å²) in [4.78, 5) is 27.6. The number of methoxy groups -OCH3 is 1. The number of halogens is 1. The van der Waals surface area contributed by atoms with Gasteiger partial charge in [-0.05, 0) is 12.1 Å². The fourth-order valence-electron chi connectivity index (χ4n) is 2.00. The van der Waals surface area contributed by atoms with E-state index in [1.807, 2.05) is 6.07 Å². The molecule has 0 atom stereocenters. The van der Waals surface area contributed by atoms with Crippen LogP contribution in [0.4, 0.5) is 5.13 Å². The standard InChI is InChI=1S/C16H12ClN3O4S/c1-23-14(21)6-9-8-25-16(18-9)19-15(22)12-7-13(24-20-12)10-4-2-3-5-11(10)17/h2-5,7-8H,6H2,1H3,(H,18,19,22). The number of nitrogens with zero attached hydrogens (tertiary/aromatic N) is 2. The first-order valence-electron chi connectivity index (χ1n) is 7.11. The van der Waals surface area contributed by atoms with Crippen LogP contribution in [0.3, 0.4) is 0 Å². The molecule has 25 heavy (non-hydrogen) atoms. The molecule has 0 fully saturated rings. The van der Waals surface area contributed by atoms with Gasteiger partial charge in [0.05, 0.1) is 24.2 Å². The largest absolute Gasteiger partial charge is 0.469 e. The van der Waals surface area contributed by atoms with Crippen molar-refractivity contribution >= 4 is 39.9 Å². The van der Waals surface area contributed by atoms with Gasteiger partial charge in [0.15, 0.2) is 16.6 Å². The lowest BCUT2D eigenvalue weighted by Gasteiger charge is -1.97. The fraction of sp³-hybridized carbons (Fsp3) is 0.125. The lowest BCUT2D eigenvalue weighted by atomic mass is 10.1. The SMILES string of the molecule is COC(=O)Cc1csc(NC(=O)c2cc(-c3ccccc3Cl)on2)n1. The molecule has 0 aliphatic carbocycles. The number of carbonyl (C=O) groups is 2. The van der Waals surface area contributed by atoms with Crippen LogP contribution in [0.15, 0.2) is 40.2 Å². The molecule has 0 aliphatic heterocycles. The predicted octanol–water partition coefficient (Wildman–Crippen LogP) is 3.42. The summed E-state index contributed by atoms with van der Waals surface area (Å²) in [7, 11) is 1.30. The van der Waals surface area contributed by atoms with E-state index in [9.17, 15) is 9.59 Å². The third-order valence-electron chi connectivity index (χ3n) is 3.21. The average molecular weight is 378 g/mol. The molecule has 1 N–H and O–H groups in total. The predicted molar refractivity (Wildman–Crippen MR) is 92.7 cm³/mol. The maximum Gasteiger partial charge on any atom is 0.311 e. The molecule has 0 radical (unpaired) electrons. The summed E-state index contributed by atoms with van der Waals surface area (Å²) >= 11 is 7.30. The molecule has 0 bridgehead atoms. The van der Waals surface area contributed by atoms with Crippen molar-refractivity contribution in [2.75, 3.05) is 12.4 Å². The Morgan fingerprint density at radius 3 is 2.92 bits per heavy atom. The van der Waals surface area contributed by atoms with Gasteiger partial charge in [0, 0.05) is 17.0 Å². The molecule has 0 saturated heterocycles. The Morgan fingerprint density at radius 1 is 1.36 bits per heavy atom. The maximum atomic E-state index is 12.2. The lowest BCUT2D eigenvalue weighted by molar-refractivity contribution is -0.139. The number of anilines is 1. The molecule has 7 nitrogen and oxygen atoms in total. The highest BCUT2D eigenvalue weighted by Crippen LogP contribution is 2.28. The molecule has 9 heteroatoms. The van der Waals surface area contributed by atoms with Crippen LogP contribution in [-0.2, 0) is 16.0 Å². The van der Waals surface area contributed by atoms with Crippen LogP contribution in [0.1, 0.15) is 16.2 Å². The Morgan fingerprint density at radius 2 is 2.16 bits per heavy atom. The van der Waals surface area contributed by atoms with Gasteiger partial charge in [-0.25, -0.2) is 4.98 Å². The number of hydrogen-bond donors (Lipinski definition) is 1. The molecular formula is C16H12ClN3O4S. The van der Waals surface area contributed by atoms with Crippen LogP contribution >= 0.6 is 22.9 Å². The van der Waals surface area contributed by atoms with E-state index < -0.39 is 11.9 Å². The van der Waals surface area contributed by atoms with E-state index in [2.05, 4.69) is 20.2 Å². The van der Waals surface area contributed by atoms with Crippen molar-refractivity contribution in [2.45, 2.75) is 6.42 Å². The van der Waals surface area contributed by atoms with Crippen molar-refractivity contribution in [3.8, 4) is 11.3 Å². The Kier molecular flexibility index (Phi) is 5.11. The first kappa shape index (κ1) is 17.1. The Bertz CT molecular complexity index is 922. The number of ether oxygens (including phenoxy) is 1. The number of carbonyl (C=O) groups excluding carboxylic acids is 2. The van der Waals surface area contributed by atoms with E-state index in [-0.39, 0.29) is 12.1 Å². The smallest absolute Gasteiger partial charge is 0.311 e. The van der Waals surface area contributed by atoms with Crippen LogP contribution in [0.2, 0.25) is 5.02 Å². The van der Waals surface area contributed by atoms with E-state index in [4.69, 9.17) is 16.1 Å². The molecule has 0 aliphatic rings. The molecule has 128 valence electrons. The quantitative estimate of drug-likeness (QED) is 0.684. The molecule has 0 unspecified atom stereocenters. The van der Waals surface area contributed by atoms with E-state index in [0.29, 0.717) is 27.2 Å². The molecule has 1 amide bonds. The maximum absolute atomic E-state index is 12.2. The minimum atomic E-state index is -0.471. The first-order valence-corrected chi connectivity index (χ1v) is 8.37. The van der Waals surface area contributed by atoms with Gasteiger partial charge in [-0.15, -0.1) is 11.3 Å². The van der Waals surface area contributed by atoms with Gasteiger partial charge >= 0.3 is 5.97 Å². The van der Waals surface area contributed by atoms with E-state index >= 15 is 0 Å². The van der Waals surface area contributed by atoms with Crippen LogP contribution < -0.4 is 5.32 Å². The van der Waals surface area contributed by atoms with Gasteiger partial charge in [-0.3, -0.25) is 14.9 Å². The second-order valence-corrected chi connectivity index (χ2v) is 6.17. The summed E-state index contributed by atoms with van der Waals surface area (Å²) in [5, 5.41) is 8.89. The van der Waals surface area contributed by atoms with Crippen LogP contribution in [0.25, 0.3) is 11.3 Å². The highest BCUT2D eigenvalue weighted by molar-refractivity contribution is 7.14. The molecule has 1 aromatic carbocycles. The van der Waals surface area contributed by atoms with Crippen molar-refractivity contribution in [3.63, 3.8) is 0 Å². The third-order valence-corrected chi connectivity index (χ3v) is 4.34. The first-order chi connectivity index (χ1) is 12.1. The van der Waals surface area contributed by atoms with E-state index in [1.165, 1.54) is 24.5 Å². The Balaban J connectivity index is 1.70. The summed E-state index contributed by atoms with van der Waals surface area (Å²) in [5.74, 6) is -0.480. The van der Waals surface area contributed by atoms with E-state index in [1.54, 1.807) is 23.6 Å². The van der Waals surface area contributed by atoms with Gasteiger partial charge in [0.25, 0.3) is 5.91 Å². The minimum Gasteiger partial charge on any atom is -0.469 e. The lowest BCUT2D eigenvalue weighted by Crippen LogP contribution is -2.12. The third kappa shape index (κ3) is 4.04. The zero-order valence-electron chi connectivity index (χ0n) is 13.0. The van der Waals surface area contributed by atoms with Crippen molar-refractivity contribution in [3.05, 3.63) is 52.1 Å². The van der Waals surface area contributed by atoms with Crippen LogP contribution in [0, 0.1) is 0 Å². The molecule has 2 aromatic heterocycles. The normalized spacial score (nSPS) is 10.5. The molecule has 0 spiro atoms. The highest BCUT2D eigenvalue weighted by Gasteiger charge is 2.17. The van der Waals surface area contributed by atoms with Crippen LogP contribution in [-0.4, -0.2) is 29.1 Å². The van der Waals surface area contributed by atoms with Gasteiger partial charge in [0.2, 0.25) is 0 Å². The van der Waals surface area contributed by atoms with Crippen molar-refractivity contribution in [1.29, 1.82) is 0 Å².